The molecule has 0 bridgehead atoms. The van der Waals surface area contributed by atoms with Gasteiger partial charge in [0.15, 0.2) is 0 Å². The predicted octanol–water partition coefficient (Wildman–Crippen LogP) is 13.8. The molecule has 2 heteroatoms. The normalized spacial score (nSPS) is 33.2. The number of carbonyl (C=O) groups excluding carboxylic acids is 1. The van der Waals surface area contributed by atoms with Crippen LogP contribution in [0.2, 0.25) is 0 Å². The molecule has 272 valence electrons. The van der Waals surface area contributed by atoms with Gasteiger partial charge in [0, 0.05) is 6.42 Å². The summed E-state index contributed by atoms with van der Waals surface area (Å²) >= 11 is 0. The smallest absolute Gasteiger partial charge is 0.306 e. The van der Waals surface area contributed by atoms with Crippen molar-refractivity contribution in [2.24, 2.45) is 52.3 Å². The minimum absolute atomic E-state index is 0.0534. The van der Waals surface area contributed by atoms with Crippen LogP contribution in [0.15, 0.2) is 48.1 Å². The molecule has 2 nitrogen and oxygen atoms in total. The van der Waals surface area contributed by atoms with Crippen molar-refractivity contribution >= 4 is 5.97 Å². The highest BCUT2D eigenvalue weighted by molar-refractivity contribution is 5.69. The minimum atomic E-state index is 0.0534. The molecule has 0 heterocycles. The number of allylic oxidation sites excluding steroid dienone is 8. The van der Waals surface area contributed by atoms with Crippen molar-refractivity contribution in [1.82, 2.24) is 0 Å². The fourth-order valence-electron chi connectivity index (χ4n) is 10.5. The van der Waals surface area contributed by atoms with Gasteiger partial charge >= 0.3 is 5.97 Å². The molecule has 0 radical (unpaired) electrons. The third-order valence-electron chi connectivity index (χ3n) is 14.1. The Morgan fingerprint density at radius 2 is 1.48 bits per heavy atom. The molecule has 4 aliphatic carbocycles. The molecule has 0 amide bonds. The fraction of sp³-hybridized carbons (Fsp3) is 0.804. The SMILES string of the molecule is CCCCC/C=C\C/C=C\CCCCCCCC(=O)O[C@@H]1CC[C@@]2(C)[C@@H](CC=C3[C@@H]2CC[C@]2(C)[C@@H]([C@H](C)/C=C/[C@H](C)C(C)C)CC[C@@H]32)C1. The number of esters is 1. The zero-order valence-electron chi connectivity index (χ0n) is 32.6. The number of carbonyl (C=O) groups is 1. The summed E-state index contributed by atoms with van der Waals surface area (Å²) in [5, 5.41) is 0. The maximum atomic E-state index is 12.8. The summed E-state index contributed by atoms with van der Waals surface area (Å²) in [6.45, 7) is 17.1. The first-order chi connectivity index (χ1) is 23.1. The average Bonchev–Trinajstić information content (AvgIpc) is 3.42. The lowest BCUT2D eigenvalue weighted by Gasteiger charge is -2.58. The van der Waals surface area contributed by atoms with Crippen molar-refractivity contribution < 1.29 is 9.53 Å². The molecule has 0 unspecified atom stereocenters. The van der Waals surface area contributed by atoms with Crippen molar-refractivity contribution in [1.29, 1.82) is 0 Å². The second kappa shape index (κ2) is 19.2. The first-order valence-electron chi connectivity index (χ1n) is 21.0. The molecule has 9 atom stereocenters. The van der Waals surface area contributed by atoms with E-state index < -0.39 is 0 Å². The number of hydrogen-bond acceptors (Lipinski definition) is 2. The van der Waals surface area contributed by atoms with Gasteiger partial charge in [0.25, 0.3) is 0 Å². The van der Waals surface area contributed by atoms with E-state index in [1.807, 2.05) is 5.57 Å². The van der Waals surface area contributed by atoms with Gasteiger partial charge in [0.2, 0.25) is 0 Å². The van der Waals surface area contributed by atoms with E-state index in [1.54, 1.807) is 0 Å². The Morgan fingerprint density at radius 3 is 2.21 bits per heavy atom. The summed E-state index contributed by atoms with van der Waals surface area (Å²) in [5.41, 5.74) is 2.67. The van der Waals surface area contributed by atoms with Crippen LogP contribution in [0, 0.1) is 52.3 Å². The summed E-state index contributed by atoms with van der Waals surface area (Å²) in [4.78, 5) is 12.8. The van der Waals surface area contributed by atoms with Crippen LogP contribution in [0.5, 0.6) is 0 Å². The number of unbranched alkanes of at least 4 members (excludes halogenated alkanes) is 8. The van der Waals surface area contributed by atoms with Crippen molar-refractivity contribution in [2.45, 2.75) is 183 Å². The molecule has 0 spiro atoms. The van der Waals surface area contributed by atoms with Gasteiger partial charge in [-0.15, -0.1) is 0 Å². The Morgan fingerprint density at radius 1 is 0.812 bits per heavy atom. The summed E-state index contributed by atoms with van der Waals surface area (Å²) in [6, 6.07) is 0. The molecule has 0 saturated heterocycles. The number of rotatable bonds is 19. The second-order valence-corrected chi connectivity index (χ2v) is 17.7. The zero-order chi connectivity index (χ0) is 34.6. The maximum Gasteiger partial charge on any atom is 0.306 e. The first kappa shape index (κ1) is 39.2. The molecule has 0 aromatic rings. The quantitative estimate of drug-likeness (QED) is 0.0783. The number of ether oxygens (including phenoxy) is 1. The number of hydrogen-bond donors (Lipinski definition) is 0. The third kappa shape index (κ3) is 10.2. The summed E-state index contributed by atoms with van der Waals surface area (Å²) < 4.78 is 6.14. The van der Waals surface area contributed by atoms with Gasteiger partial charge in [-0.05, 0) is 142 Å². The highest BCUT2D eigenvalue weighted by atomic mass is 16.5. The van der Waals surface area contributed by atoms with E-state index in [4.69, 9.17) is 4.74 Å². The van der Waals surface area contributed by atoms with E-state index in [0.717, 1.165) is 49.9 Å². The minimum Gasteiger partial charge on any atom is -0.462 e. The number of fused-ring (bicyclic) bond motifs is 5. The van der Waals surface area contributed by atoms with Gasteiger partial charge in [-0.25, -0.2) is 0 Å². The van der Waals surface area contributed by atoms with Crippen molar-refractivity contribution in [3.05, 3.63) is 48.1 Å². The Labute approximate surface area is 298 Å². The average molecular weight is 661 g/mol. The van der Waals surface area contributed by atoms with Crippen molar-refractivity contribution in [3.8, 4) is 0 Å². The van der Waals surface area contributed by atoms with Gasteiger partial charge in [-0.3, -0.25) is 4.79 Å². The predicted molar refractivity (Wildman–Crippen MR) is 207 cm³/mol. The molecule has 4 aliphatic rings. The van der Waals surface area contributed by atoms with Gasteiger partial charge in [0.05, 0.1) is 0 Å². The highest BCUT2D eigenvalue weighted by Gasteiger charge is 2.58. The van der Waals surface area contributed by atoms with Crippen LogP contribution < -0.4 is 0 Å². The molecule has 0 N–H and O–H groups in total. The van der Waals surface area contributed by atoms with Crippen LogP contribution in [0.4, 0.5) is 0 Å². The van der Waals surface area contributed by atoms with Crippen LogP contribution in [0.3, 0.4) is 0 Å². The first-order valence-corrected chi connectivity index (χ1v) is 21.0. The van der Waals surface area contributed by atoms with Gasteiger partial charge < -0.3 is 4.74 Å². The van der Waals surface area contributed by atoms with Gasteiger partial charge in [-0.2, -0.15) is 0 Å². The van der Waals surface area contributed by atoms with Crippen LogP contribution in [-0.4, -0.2) is 12.1 Å². The summed E-state index contributed by atoms with van der Waals surface area (Å²) in [5.74, 6) is 5.07. The molecule has 3 saturated carbocycles. The van der Waals surface area contributed by atoms with Crippen LogP contribution in [0.25, 0.3) is 0 Å². The topological polar surface area (TPSA) is 26.3 Å². The molecular formula is C46H76O2. The summed E-state index contributed by atoms with van der Waals surface area (Å²) in [6.07, 6.45) is 41.2. The van der Waals surface area contributed by atoms with E-state index in [1.165, 1.54) is 89.9 Å². The Kier molecular flexibility index (Phi) is 15.6. The van der Waals surface area contributed by atoms with Crippen LogP contribution in [-0.2, 0) is 9.53 Å². The lowest BCUT2D eigenvalue weighted by atomic mass is 9.47. The standard InChI is InChI=1S/C46H76O2/c1-8-9-10-11-12-13-14-15-16-17-18-19-20-21-22-23-44(47)48-39-30-32-45(6)38(34-39)26-27-40-42-29-28-41(46(42,7)33-31-43(40)45)37(5)25-24-36(4)35(2)3/h12-13,15-16,24-25,27,35-39,41-43H,8-11,14,17-23,26,28-34H2,1-7H3/b13-12-,16-15-,25-24+/t36-,37+,38-,39+,41+,42-,43-,45-,46+/m0/s1. The highest BCUT2D eigenvalue weighted by Crippen LogP contribution is 2.67. The maximum absolute atomic E-state index is 12.8. The second-order valence-electron chi connectivity index (χ2n) is 17.7. The molecule has 0 aliphatic heterocycles. The molecule has 0 aromatic carbocycles. The van der Waals surface area contributed by atoms with E-state index in [2.05, 4.69) is 91.0 Å². The fourth-order valence-corrected chi connectivity index (χ4v) is 10.5. The molecule has 48 heavy (non-hydrogen) atoms. The monoisotopic (exact) mass is 661 g/mol. The lowest BCUT2D eigenvalue weighted by molar-refractivity contribution is -0.155. The summed E-state index contributed by atoms with van der Waals surface area (Å²) in [7, 11) is 0. The Balaban J connectivity index is 1.15. The molecule has 3 fully saturated rings. The molecule has 4 rings (SSSR count). The van der Waals surface area contributed by atoms with Gasteiger partial charge in [-0.1, -0.05) is 129 Å². The lowest BCUT2D eigenvalue weighted by Crippen LogP contribution is -2.50. The van der Waals surface area contributed by atoms with E-state index in [0.29, 0.717) is 40.9 Å². The Hall–Kier alpha value is -1.57. The van der Waals surface area contributed by atoms with Crippen LogP contribution >= 0.6 is 0 Å². The van der Waals surface area contributed by atoms with E-state index in [-0.39, 0.29) is 12.1 Å². The van der Waals surface area contributed by atoms with Crippen LogP contribution in [0.1, 0.15) is 177 Å². The molecule has 0 aromatic heterocycles. The van der Waals surface area contributed by atoms with Crippen molar-refractivity contribution in [3.63, 3.8) is 0 Å². The van der Waals surface area contributed by atoms with Crippen molar-refractivity contribution in [2.75, 3.05) is 0 Å². The van der Waals surface area contributed by atoms with E-state index in [9.17, 15) is 4.79 Å². The third-order valence-corrected chi connectivity index (χ3v) is 14.1. The zero-order valence-corrected chi connectivity index (χ0v) is 32.6. The largest absolute Gasteiger partial charge is 0.462 e. The Bertz CT molecular complexity index is 1090. The van der Waals surface area contributed by atoms with E-state index >= 15 is 0 Å². The molecular weight excluding hydrogens is 585 g/mol. The van der Waals surface area contributed by atoms with Gasteiger partial charge in [0.1, 0.15) is 6.10 Å².